The van der Waals surface area contributed by atoms with E-state index < -0.39 is 11.7 Å². The van der Waals surface area contributed by atoms with Gasteiger partial charge >= 0.3 is 0 Å². The number of hydrogen-bond acceptors (Lipinski definition) is 5. The van der Waals surface area contributed by atoms with Crippen LogP contribution in [0.4, 0.5) is 10.1 Å². The Hall–Kier alpha value is -2.71. The number of carbonyl (C=O) groups excluding carboxylic acids is 2. The largest absolute Gasteiger partial charge is 0.484 e. The minimum atomic E-state index is -0.564. The molecule has 26 heavy (non-hydrogen) atoms. The fraction of sp³-hybridized carbons (Fsp3) is 0.0556. The van der Waals surface area contributed by atoms with E-state index in [2.05, 4.69) is 0 Å². The lowest BCUT2D eigenvalue weighted by molar-refractivity contribution is -0.120. The van der Waals surface area contributed by atoms with E-state index in [-0.39, 0.29) is 22.5 Å². The topological polar surface area (TPSA) is 72.6 Å². The number of anilines is 1. The summed E-state index contributed by atoms with van der Waals surface area (Å²) in [5.74, 6) is -0.967. The third-order valence-electron chi connectivity index (χ3n) is 3.45. The normalized spacial score (nSPS) is 15.6. The Bertz CT molecular complexity index is 913. The van der Waals surface area contributed by atoms with Gasteiger partial charge in [0.2, 0.25) is 0 Å². The molecule has 2 amide bonds. The van der Waals surface area contributed by atoms with Crippen LogP contribution >= 0.6 is 24.0 Å². The minimum absolute atomic E-state index is 0.133. The molecule has 2 aromatic rings. The molecule has 1 heterocycles. The van der Waals surface area contributed by atoms with Gasteiger partial charge in [-0.15, -0.1) is 0 Å². The summed E-state index contributed by atoms with van der Waals surface area (Å²) in [7, 11) is 0. The molecular formula is C18H13FN2O3S2. The van der Waals surface area contributed by atoms with Crippen molar-refractivity contribution in [2.75, 3.05) is 11.5 Å². The number of primary amides is 1. The maximum atomic E-state index is 14.0. The molecular weight excluding hydrogens is 375 g/mol. The number of thioether (sulfide) groups is 1. The molecule has 0 spiro atoms. The van der Waals surface area contributed by atoms with Crippen LogP contribution in [0.25, 0.3) is 6.08 Å². The van der Waals surface area contributed by atoms with Gasteiger partial charge < -0.3 is 10.5 Å². The average Bonchev–Trinajstić information content (AvgIpc) is 2.88. The molecule has 132 valence electrons. The zero-order valence-corrected chi connectivity index (χ0v) is 15.0. The summed E-state index contributed by atoms with van der Waals surface area (Å²) in [6.45, 7) is -0.208. The van der Waals surface area contributed by atoms with E-state index in [4.69, 9.17) is 22.7 Å². The molecule has 0 aliphatic carbocycles. The van der Waals surface area contributed by atoms with Crippen molar-refractivity contribution >= 4 is 51.9 Å². The van der Waals surface area contributed by atoms with Gasteiger partial charge in [-0.2, -0.15) is 0 Å². The number of para-hydroxylation sites is 1. The number of halogens is 1. The molecule has 1 aliphatic heterocycles. The molecule has 1 saturated heterocycles. The van der Waals surface area contributed by atoms with Crippen LogP contribution in [0.2, 0.25) is 0 Å². The highest BCUT2D eigenvalue weighted by Gasteiger charge is 2.34. The molecule has 1 fully saturated rings. The van der Waals surface area contributed by atoms with Crippen molar-refractivity contribution in [3.05, 3.63) is 64.8 Å². The van der Waals surface area contributed by atoms with Crippen LogP contribution in [0.15, 0.2) is 53.4 Å². The summed E-state index contributed by atoms with van der Waals surface area (Å²) in [4.78, 5) is 24.9. The van der Waals surface area contributed by atoms with Gasteiger partial charge in [-0.05, 0) is 35.9 Å². The Balaban J connectivity index is 1.80. The van der Waals surface area contributed by atoms with Gasteiger partial charge in [0.1, 0.15) is 11.6 Å². The van der Waals surface area contributed by atoms with Crippen LogP contribution in [-0.4, -0.2) is 22.7 Å². The number of ether oxygens (including phenoxy) is 1. The first-order chi connectivity index (χ1) is 12.5. The molecule has 5 nitrogen and oxygen atoms in total. The van der Waals surface area contributed by atoms with E-state index >= 15 is 0 Å². The smallest absolute Gasteiger partial charge is 0.270 e. The average molecular weight is 388 g/mol. The van der Waals surface area contributed by atoms with E-state index in [0.29, 0.717) is 10.7 Å². The first-order valence-corrected chi connectivity index (χ1v) is 8.72. The predicted octanol–water partition coefficient (Wildman–Crippen LogP) is 3.10. The highest BCUT2D eigenvalue weighted by Crippen LogP contribution is 2.37. The number of amides is 2. The van der Waals surface area contributed by atoms with Crippen molar-refractivity contribution < 1.29 is 18.7 Å². The van der Waals surface area contributed by atoms with Gasteiger partial charge in [0.05, 0.1) is 10.6 Å². The fourth-order valence-corrected chi connectivity index (χ4v) is 3.56. The minimum Gasteiger partial charge on any atom is -0.484 e. The molecule has 2 aromatic carbocycles. The van der Waals surface area contributed by atoms with E-state index in [1.54, 1.807) is 42.5 Å². The molecule has 0 saturated carbocycles. The zero-order valence-electron chi connectivity index (χ0n) is 13.3. The van der Waals surface area contributed by atoms with Gasteiger partial charge in [0.15, 0.2) is 10.9 Å². The summed E-state index contributed by atoms with van der Waals surface area (Å²) in [6.07, 6.45) is 1.66. The molecule has 0 aromatic heterocycles. The van der Waals surface area contributed by atoms with E-state index in [1.165, 1.54) is 17.0 Å². The van der Waals surface area contributed by atoms with Gasteiger partial charge in [-0.25, -0.2) is 4.39 Å². The molecule has 3 rings (SSSR count). The van der Waals surface area contributed by atoms with Gasteiger partial charge in [0, 0.05) is 0 Å². The van der Waals surface area contributed by atoms with Crippen LogP contribution in [0.3, 0.4) is 0 Å². The lowest BCUT2D eigenvalue weighted by atomic mass is 10.2. The second-order valence-electron chi connectivity index (χ2n) is 5.29. The lowest BCUT2D eigenvalue weighted by Crippen LogP contribution is -2.28. The van der Waals surface area contributed by atoms with Crippen LogP contribution < -0.4 is 15.4 Å². The summed E-state index contributed by atoms with van der Waals surface area (Å²) >= 11 is 6.34. The Kier molecular flexibility index (Phi) is 5.34. The van der Waals surface area contributed by atoms with Crippen LogP contribution in [0, 0.1) is 5.82 Å². The monoisotopic (exact) mass is 388 g/mol. The lowest BCUT2D eigenvalue weighted by Gasteiger charge is -2.14. The summed E-state index contributed by atoms with van der Waals surface area (Å²) in [6, 6.07) is 12.8. The number of thiocarbonyl (C=S) groups is 1. The molecule has 0 radical (unpaired) electrons. The van der Waals surface area contributed by atoms with Crippen LogP contribution in [-0.2, 0) is 9.59 Å². The Morgan fingerprint density at radius 2 is 1.92 bits per heavy atom. The Morgan fingerprint density at radius 3 is 2.58 bits per heavy atom. The summed E-state index contributed by atoms with van der Waals surface area (Å²) in [5, 5.41) is 0. The summed E-state index contributed by atoms with van der Waals surface area (Å²) < 4.78 is 19.4. The van der Waals surface area contributed by atoms with E-state index in [1.807, 2.05) is 0 Å². The number of nitrogens with zero attached hydrogens (tertiary/aromatic N) is 1. The van der Waals surface area contributed by atoms with Crippen molar-refractivity contribution in [3.63, 3.8) is 0 Å². The highest BCUT2D eigenvalue weighted by atomic mass is 32.2. The standard InChI is InChI=1S/C18H13FN2O3S2/c19-13-3-1-2-4-14(13)21-17(23)15(26-18(21)25)9-11-5-7-12(8-6-11)24-10-16(20)22/h1-9H,10H2,(H2,20,22)/b15-9+. The Labute approximate surface area is 158 Å². The molecule has 0 unspecified atom stereocenters. The predicted molar refractivity (Wildman–Crippen MR) is 103 cm³/mol. The molecule has 0 bridgehead atoms. The van der Waals surface area contributed by atoms with E-state index in [9.17, 15) is 14.0 Å². The zero-order chi connectivity index (χ0) is 18.7. The van der Waals surface area contributed by atoms with Gasteiger partial charge in [-0.1, -0.05) is 48.2 Å². The number of nitrogens with two attached hydrogens (primary N) is 1. The van der Waals surface area contributed by atoms with Crippen LogP contribution in [0.5, 0.6) is 5.75 Å². The maximum absolute atomic E-state index is 14.0. The van der Waals surface area contributed by atoms with Gasteiger partial charge in [0.25, 0.3) is 11.8 Å². The maximum Gasteiger partial charge on any atom is 0.270 e. The highest BCUT2D eigenvalue weighted by molar-refractivity contribution is 8.27. The number of carbonyl (C=O) groups is 2. The van der Waals surface area contributed by atoms with Crippen molar-refractivity contribution in [1.29, 1.82) is 0 Å². The molecule has 1 aliphatic rings. The number of rotatable bonds is 5. The third-order valence-corrected chi connectivity index (χ3v) is 4.75. The fourth-order valence-electron chi connectivity index (χ4n) is 2.27. The number of benzene rings is 2. The first-order valence-electron chi connectivity index (χ1n) is 7.49. The number of hydrogen-bond donors (Lipinski definition) is 1. The van der Waals surface area contributed by atoms with Gasteiger partial charge in [-0.3, -0.25) is 14.5 Å². The van der Waals surface area contributed by atoms with Crippen molar-refractivity contribution in [2.45, 2.75) is 0 Å². The molecule has 8 heteroatoms. The quantitative estimate of drug-likeness (QED) is 0.629. The summed E-state index contributed by atoms with van der Waals surface area (Å²) in [5.41, 5.74) is 5.90. The van der Waals surface area contributed by atoms with Crippen molar-refractivity contribution in [2.24, 2.45) is 5.73 Å². The Morgan fingerprint density at radius 1 is 1.23 bits per heavy atom. The first kappa shape index (κ1) is 18.1. The molecule has 2 N–H and O–H groups in total. The SMILES string of the molecule is NC(=O)COc1ccc(/C=C2/SC(=S)N(c3ccccc3F)C2=O)cc1. The van der Waals surface area contributed by atoms with Crippen molar-refractivity contribution in [1.82, 2.24) is 0 Å². The van der Waals surface area contributed by atoms with Crippen molar-refractivity contribution in [3.8, 4) is 5.75 Å². The second-order valence-corrected chi connectivity index (χ2v) is 6.97. The van der Waals surface area contributed by atoms with E-state index in [0.717, 1.165) is 17.3 Å². The molecule has 0 atom stereocenters. The second kappa shape index (κ2) is 7.67. The third kappa shape index (κ3) is 3.92. The van der Waals surface area contributed by atoms with Crippen LogP contribution in [0.1, 0.15) is 5.56 Å².